The molecule has 3 aliphatic rings. The van der Waals surface area contributed by atoms with Gasteiger partial charge in [0.2, 0.25) is 0 Å². The number of carbonyl (C=O) groups excluding carboxylic acids is 6. The van der Waals surface area contributed by atoms with Crippen LogP contribution in [0, 0.1) is 6.92 Å². The van der Waals surface area contributed by atoms with Crippen molar-refractivity contribution in [2.45, 2.75) is 119 Å². The molecule has 0 saturated carbocycles. The van der Waals surface area contributed by atoms with Gasteiger partial charge in [-0.25, -0.2) is 28.8 Å². The van der Waals surface area contributed by atoms with E-state index in [4.69, 9.17) is 71.1 Å². The van der Waals surface area contributed by atoms with E-state index in [1.807, 2.05) is 97.9 Å². The van der Waals surface area contributed by atoms with Gasteiger partial charge in [-0.15, -0.1) is 0 Å². The smallest absolute Gasteiger partial charge is 0.338 e. The molecule has 12 rings (SSSR count). The predicted octanol–water partition coefficient (Wildman–Crippen LogP) is 11.3. The van der Waals surface area contributed by atoms with E-state index < -0.39 is 141 Å². The van der Waals surface area contributed by atoms with Gasteiger partial charge in [-0.3, -0.25) is 0 Å². The maximum Gasteiger partial charge on any atom is 0.338 e. The van der Waals surface area contributed by atoms with Crippen molar-refractivity contribution in [2.75, 3.05) is 26.9 Å². The van der Waals surface area contributed by atoms with E-state index in [0.717, 1.165) is 22.3 Å². The Kier molecular flexibility index (Phi) is 25.9. The maximum atomic E-state index is 15.1. The second-order valence-corrected chi connectivity index (χ2v) is 24.9. The summed E-state index contributed by atoms with van der Waals surface area (Å²) < 4.78 is 99.5. The van der Waals surface area contributed by atoms with Crippen molar-refractivity contribution < 1.29 is 105 Å². The average Bonchev–Trinajstić information content (AvgIpc) is 0.765. The van der Waals surface area contributed by atoms with Gasteiger partial charge in [-0.2, -0.15) is 0 Å². The molecule has 0 amide bonds. The highest BCUT2D eigenvalue weighted by molar-refractivity contribution is 5.92. The largest absolute Gasteiger partial charge is 0.453 e. The highest BCUT2D eigenvalue weighted by atomic mass is 16.8. The molecular weight excluding hydrogens is 1350 g/mol. The molecule has 9 aromatic carbocycles. The number of carbonyl (C=O) groups is 6. The van der Waals surface area contributed by atoms with Crippen LogP contribution in [0.25, 0.3) is 0 Å². The standard InChI is InChI=1S/C83H78O22/c1-53-43-45-62(46-44-53)80(90)102-72-69(94-50-56-31-15-5-16-32-56)66(93-49-55-29-13-4-14-30-55)64(51-92-48-54-27-11-3-12-28-54)98-83(72)105-71-67(99-75(85)57-33-17-6-18-34-57)63(47-84)96-82(74(71)104-79(89)61-41-25-10-26-42-61)95-52-65-68(100-76(86)58-35-19-7-20-36-58)70(101-77(87)59-37-21-8-22-38-59)73(81(91-2)97-65)103-78(88)60-39-23-9-24-40-60/h3-46,63-74,81-84H,47-52H2,1-2H3/t63-,64-,65-,66-,67-,68-,69+,70+,71+,72-,73-,74-,81+,82-,83+/m1/s1. The molecule has 1 N–H and O–H groups in total. The first kappa shape index (κ1) is 74.1. The van der Waals surface area contributed by atoms with Gasteiger partial charge in [-0.1, -0.05) is 200 Å². The molecule has 0 aromatic heterocycles. The van der Waals surface area contributed by atoms with Crippen molar-refractivity contribution in [3.05, 3.63) is 323 Å². The SMILES string of the molecule is CO[C@H]1O[C@H](CO[C@@H]2O[C@H](CO)[C@@H](OC(=O)c3ccccc3)[C@H](O[C@@H]3O[C@H](COCc4ccccc4)[C@@H](OCc4ccccc4)[C@H](OCc4ccccc4)[C@H]3OC(=O)c3ccc(C)cc3)[C@H]2OC(=O)c2ccccc2)[C@@H](OC(=O)c2ccccc2)[C@H](OC(=O)c2ccccc2)[C@H]1OC(=O)c1ccccc1. The molecular formula is C83H78O22. The molecule has 22 heteroatoms. The quantitative estimate of drug-likeness (QED) is 0.0337. The van der Waals surface area contributed by atoms with Gasteiger partial charge in [0.25, 0.3) is 0 Å². The number of esters is 6. The lowest BCUT2D eigenvalue weighted by atomic mass is 9.95. The highest BCUT2D eigenvalue weighted by Crippen LogP contribution is 2.39. The van der Waals surface area contributed by atoms with Crippen LogP contribution in [0.2, 0.25) is 0 Å². The lowest BCUT2D eigenvalue weighted by molar-refractivity contribution is -0.368. The van der Waals surface area contributed by atoms with Crippen LogP contribution >= 0.6 is 0 Å². The summed E-state index contributed by atoms with van der Waals surface area (Å²) in [4.78, 5) is 88.1. The Hall–Kier alpha value is -10.6. The summed E-state index contributed by atoms with van der Waals surface area (Å²) in [6.07, 6.45) is -24.7. The number of hydrogen-bond acceptors (Lipinski definition) is 22. The molecule has 9 aromatic rings. The first-order valence-electron chi connectivity index (χ1n) is 34.3. The second-order valence-electron chi connectivity index (χ2n) is 24.9. The van der Waals surface area contributed by atoms with Crippen molar-refractivity contribution in [1.29, 1.82) is 0 Å². The molecule has 22 nitrogen and oxygen atoms in total. The lowest BCUT2D eigenvalue weighted by Gasteiger charge is -2.49. The molecule has 0 aliphatic carbocycles. The highest BCUT2D eigenvalue weighted by Gasteiger charge is 2.59. The summed E-state index contributed by atoms with van der Waals surface area (Å²) in [7, 11) is 1.25. The number of methoxy groups -OCH3 is 1. The molecule has 0 spiro atoms. The van der Waals surface area contributed by atoms with Gasteiger partial charge in [0.05, 0.1) is 73.0 Å². The van der Waals surface area contributed by atoms with Crippen LogP contribution in [0.4, 0.5) is 0 Å². The maximum absolute atomic E-state index is 15.1. The molecule has 542 valence electrons. The van der Waals surface area contributed by atoms with Crippen LogP contribution < -0.4 is 0 Å². The number of aliphatic hydroxyl groups is 1. The molecule has 3 aliphatic heterocycles. The molecule has 3 fully saturated rings. The average molecular weight is 1430 g/mol. The van der Waals surface area contributed by atoms with Crippen LogP contribution in [-0.2, 0) is 90.9 Å². The lowest BCUT2D eigenvalue weighted by Crippen LogP contribution is -2.67. The van der Waals surface area contributed by atoms with E-state index in [0.29, 0.717) is 0 Å². The summed E-state index contributed by atoms with van der Waals surface area (Å²) in [5, 5.41) is 11.7. The zero-order chi connectivity index (χ0) is 72.9. The third kappa shape index (κ3) is 19.4. The number of aryl methyl sites for hydroxylation is 1. The van der Waals surface area contributed by atoms with Crippen molar-refractivity contribution in [3.63, 3.8) is 0 Å². The van der Waals surface area contributed by atoms with Crippen molar-refractivity contribution in [1.82, 2.24) is 0 Å². The van der Waals surface area contributed by atoms with Crippen LogP contribution in [0.5, 0.6) is 0 Å². The predicted molar refractivity (Wildman–Crippen MR) is 376 cm³/mol. The number of rotatable bonds is 29. The Balaban J connectivity index is 0.980. The number of aliphatic hydroxyl groups excluding tert-OH is 1. The monoisotopic (exact) mass is 1430 g/mol. The van der Waals surface area contributed by atoms with E-state index in [9.17, 15) is 24.3 Å². The van der Waals surface area contributed by atoms with E-state index in [1.54, 1.807) is 115 Å². The first-order valence-corrected chi connectivity index (χ1v) is 34.3. The Bertz CT molecular complexity index is 4220. The summed E-state index contributed by atoms with van der Waals surface area (Å²) in [6, 6.07) is 74.2. The molecule has 0 unspecified atom stereocenters. The normalized spacial score (nSPS) is 24.2. The van der Waals surface area contributed by atoms with Crippen molar-refractivity contribution in [2.24, 2.45) is 0 Å². The summed E-state index contributed by atoms with van der Waals surface area (Å²) in [5.41, 5.74) is 3.61. The molecule has 3 heterocycles. The van der Waals surface area contributed by atoms with E-state index in [-0.39, 0.29) is 59.8 Å². The summed E-state index contributed by atoms with van der Waals surface area (Å²) in [6.45, 7) is -0.0157. The number of ether oxygens (including phenoxy) is 15. The summed E-state index contributed by atoms with van der Waals surface area (Å²) in [5.74, 6) is -5.53. The Morgan fingerprint density at radius 3 is 1.03 bits per heavy atom. The molecule has 105 heavy (non-hydrogen) atoms. The Morgan fingerprint density at radius 2 is 0.619 bits per heavy atom. The van der Waals surface area contributed by atoms with Gasteiger partial charge in [-0.05, 0) is 96.4 Å². The van der Waals surface area contributed by atoms with Crippen molar-refractivity contribution >= 4 is 35.8 Å². The minimum atomic E-state index is -1.94. The van der Waals surface area contributed by atoms with Crippen LogP contribution in [0.15, 0.2) is 267 Å². The van der Waals surface area contributed by atoms with Gasteiger partial charge < -0.3 is 76.2 Å². The van der Waals surface area contributed by atoms with Gasteiger partial charge in [0.1, 0.15) is 36.6 Å². The summed E-state index contributed by atoms with van der Waals surface area (Å²) >= 11 is 0. The molecule has 0 bridgehead atoms. The minimum absolute atomic E-state index is 0.00341. The van der Waals surface area contributed by atoms with Crippen LogP contribution in [-0.4, -0.2) is 160 Å². The molecule has 0 radical (unpaired) electrons. The van der Waals surface area contributed by atoms with E-state index in [1.165, 1.54) is 67.8 Å². The topological polar surface area (TPSA) is 261 Å². The fraction of sp³-hybridized carbons (Fsp3) is 0.277. The number of hydrogen-bond donors (Lipinski definition) is 1. The minimum Gasteiger partial charge on any atom is -0.453 e. The number of benzene rings is 9. The Labute approximate surface area is 606 Å². The molecule has 3 saturated heterocycles. The van der Waals surface area contributed by atoms with Crippen LogP contribution in [0.1, 0.15) is 84.4 Å². The third-order valence-electron chi connectivity index (χ3n) is 17.7. The van der Waals surface area contributed by atoms with Crippen LogP contribution in [0.3, 0.4) is 0 Å². The second kappa shape index (κ2) is 36.7. The zero-order valence-electron chi connectivity index (χ0n) is 57.3. The Morgan fingerprint density at radius 1 is 0.305 bits per heavy atom. The third-order valence-corrected chi connectivity index (χ3v) is 17.7. The van der Waals surface area contributed by atoms with Crippen molar-refractivity contribution in [3.8, 4) is 0 Å². The fourth-order valence-corrected chi connectivity index (χ4v) is 12.3. The van der Waals surface area contributed by atoms with E-state index in [2.05, 4.69) is 0 Å². The van der Waals surface area contributed by atoms with Gasteiger partial charge >= 0.3 is 35.8 Å². The first-order chi connectivity index (χ1) is 51.4. The molecule has 15 atom stereocenters. The zero-order valence-corrected chi connectivity index (χ0v) is 57.3. The fourth-order valence-electron chi connectivity index (χ4n) is 12.3. The van der Waals surface area contributed by atoms with E-state index >= 15 is 9.59 Å². The van der Waals surface area contributed by atoms with Gasteiger partial charge in [0, 0.05) is 7.11 Å². The van der Waals surface area contributed by atoms with Gasteiger partial charge in [0.15, 0.2) is 55.5 Å².